The smallest absolute Gasteiger partial charge is 0.261 e. The van der Waals surface area contributed by atoms with E-state index in [0.29, 0.717) is 0 Å². The van der Waals surface area contributed by atoms with Crippen molar-refractivity contribution in [2.75, 3.05) is 0 Å². The van der Waals surface area contributed by atoms with Crippen LogP contribution in [0.2, 0.25) is 15.8 Å². The molecule has 2 rings (SSSR count). The first-order valence-corrected chi connectivity index (χ1v) is 11.3. The summed E-state index contributed by atoms with van der Waals surface area (Å²) < 4.78 is 3.36. The van der Waals surface area contributed by atoms with Gasteiger partial charge in [-0.1, -0.05) is 36.6 Å². The molecule has 0 atom stereocenters. The molecule has 0 radical (unpaired) electrons. The monoisotopic (exact) mass is 362 g/mol. The number of hydrogen-bond donors (Lipinski definition) is 0. The molecule has 0 spiro atoms. The zero-order valence-corrected chi connectivity index (χ0v) is 17.1. The molecular formula is C16H25AlCl2Ti. The number of allylic oxidation sites excluding steroid dienone is 8. The van der Waals surface area contributed by atoms with Gasteiger partial charge in [-0.05, 0) is 0 Å². The SMILES string of the molecule is C1=CC[C]([Ti+2][C]2=CC=CC2)=C1.C[CH2][Al]([CH2]C)[CH2]C.[Cl-].[Cl-]. The first-order valence-electron chi connectivity index (χ1n) is 7.28. The molecule has 2 aliphatic rings. The van der Waals surface area contributed by atoms with Crippen LogP contribution in [0.15, 0.2) is 44.2 Å². The number of hydrogen-bond acceptors (Lipinski definition) is 0. The maximum Gasteiger partial charge on any atom is 0.261 e. The van der Waals surface area contributed by atoms with E-state index in [1.165, 1.54) is 28.7 Å². The Bertz CT molecular complexity index is 322. The maximum absolute atomic E-state index is 2.32. The average molecular weight is 363 g/mol. The van der Waals surface area contributed by atoms with Gasteiger partial charge in [0.15, 0.2) is 0 Å². The first kappa shape index (κ1) is 23.1. The van der Waals surface area contributed by atoms with Gasteiger partial charge in [0, 0.05) is 0 Å². The van der Waals surface area contributed by atoms with Crippen LogP contribution in [0.5, 0.6) is 0 Å². The van der Waals surface area contributed by atoms with Crippen molar-refractivity contribution >= 4 is 14.1 Å². The molecule has 0 unspecified atom stereocenters. The maximum atomic E-state index is 2.32. The zero-order valence-electron chi connectivity index (χ0n) is 12.8. The van der Waals surface area contributed by atoms with Crippen LogP contribution in [-0.2, 0) is 19.2 Å². The van der Waals surface area contributed by atoms with Crippen molar-refractivity contribution < 1.29 is 44.0 Å². The third-order valence-corrected chi connectivity index (χ3v) is 9.22. The van der Waals surface area contributed by atoms with Crippen molar-refractivity contribution in [2.45, 2.75) is 49.5 Å². The third kappa shape index (κ3) is 9.67. The van der Waals surface area contributed by atoms with E-state index in [-0.39, 0.29) is 58.1 Å². The Morgan fingerprint density at radius 1 is 0.850 bits per heavy atom. The predicted octanol–water partition coefficient (Wildman–Crippen LogP) is -0.695. The van der Waals surface area contributed by atoms with E-state index in [1.807, 2.05) is 0 Å². The van der Waals surface area contributed by atoms with E-state index in [4.69, 9.17) is 0 Å². The van der Waals surface area contributed by atoms with Gasteiger partial charge in [0.25, 0.3) is 14.1 Å². The van der Waals surface area contributed by atoms with Gasteiger partial charge in [0.1, 0.15) is 0 Å². The quantitative estimate of drug-likeness (QED) is 0.568. The Balaban J connectivity index is 0. The molecule has 0 saturated heterocycles. The molecule has 2 aliphatic carbocycles. The van der Waals surface area contributed by atoms with Gasteiger partial charge in [0.2, 0.25) is 0 Å². The van der Waals surface area contributed by atoms with Gasteiger partial charge in [-0.2, -0.15) is 0 Å². The molecule has 110 valence electrons. The third-order valence-electron chi connectivity index (χ3n) is 3.60. The Morgan fingerprint density at radius 2 is 1.25 bits per heavy atom. The van der Waals surface area contributed by atoms with E-state index in [2.05, 4.69) is 57.2 Å². The van der Waals surface area contributed by atoms with Gasteiger partial charge in [-0.3, -0.25) is 0 Å². The molecule has 0 aromatic rings. The summed E-state index contributed by atoms with van der Waals surface area (Å²) in [5.74, 6) is 0. The largest absolute Gasteiger partial charge is 1.00 e. The van der Waals surface area contributed by atoms with Crippen LogP contribution >= 0.6 is 0 Å². The van der Waals surface area contributed by atoms with Gasteiger partial charge in [0.05, 0.1) is 0 Å². The van der Waals surface area contributed by atoms with Gasteiger partial charge in [-0.15, -0.1) is 0 Å². The van der Waals surface area contributed by atoms with Crippen molar-refractivity contribution in [1.29, 1.82) is 0 Å². The first-order chi connectivity index (χ1) is 8.80. The molecule has 0 N–H and O–H groups in total. The summed E-state index contributed by atoms with van der Waals surface area (Å²) in [5.41, 5.74) is 0. The molecule has 20 heavy (non-hydrogen) atoms. The molecule has 0 aromatic carbocycles. The fraction of sp³-hybridized carbons (Fsp3) is 0.500. The summed E-state index contributed by atoms with van der Waals surface area (Å²) in [5, 5.41) is 4.48. The normalized spacial score (nSPS) is 14.2. The minimum absolute atomic E-state index is 0. The molecule has 0 fully saturated rings. The van der Waals surface area contributed by atoms with Crippen LogP contribution in [0, 0.1) is 0 Å². The Kier molecular flexibility index (Phi) is 17.0. The minimum Gasteiger partial charge on any atom is -1.00 e. The molecule has 0 nitrogen and oxygen atoms in total. The molecule has 0 bridgehead atoms. The van der Waals surface area contributed by atoms with Crippen LogP contribution in [0.3, 0.4) is 0 Å². The summed E-state index contributed by atoms with van der Waals surface area (Å²) in [6.45, 7) is 6.97. The molecule has 0 saturated carbocycles. The molecule has 0 amide bonds. The summed E-state index contributed by atoms with van der Waals surface area (Å²) in [6.07, 6.45) is 15.9. The average Bonchev–Trinajstić information content (AvgIpc) is 3.06. The molecular weight excluding hydrogens is 338 g/mol. The fourth-order valence-corrected chi connectivity index (χ4v) is 5.78. The summed E-state index contributed by atoms with van der Waals surface area (Å²) in [4.78, 5) is 0. The van der Waals surface area contributed by atoms with E-state index < -0.39 is 0 Å². The summed E-state index contributed by atoms with van der Waals surface area (Å²) >= 11 is -0.0880. The molecule has 0 aliphatic heterocycles. The Morgan fingerprint density at radius 3 is 1.45 bits per heavy atom. The van der Waals surface area contributed by atoms with E-state index in [9.17, 15) is 0 Å². The fourth-order valence-electron chi connectivity index (χ4n) is 2.15. The van der Waals surface area contributed by atoms with E-state index in [1.54, 1.807) is 7.76 Å². The van der Waals surface area contributed by atoms with E-state index >= 15 is 0 Å². The van der Waals surface area contributed by atoms with Gasteiger partial charge < -0.3 is 24.8 Å². The van der Waals surface area contributed by atoms with Gasteiger partial charge in [-0.25, -0.2) is 0 Å². The predicted molar refractivity (Wildman–Crippen MR) is 80.9 cm³/mol. The van der Waals surface area contributed by atoms with Crippen molar-refractivity contribution in [3.05, 3.63) is 44.2 Å². The summed E-state index contributed by atoms with van der Waals surface area (Å²) in [7, 11) is 0. The molecule has 4 heteroatoms. The minimum atomic E-state index is -0.171. The van der Waals surface area contributed by atoms with Crippen molar-refractivity contribution in [2.24, 2.45) is 0 Å². The second-order valence-corrected chi connectivity index (χ2v) is 11.4. The Labute approximate surface area is 151 Å². The van der Waals surface area contributed by atoms with Crippen LogP contribution in [-0.4, -0.2) is 14.1 Å². The second-order valence-electron chi connectivity index (χ2n) is 4.86. The van der Waals surface area contributed by atoms with Crippen molar-refractivity contribution in [3.63, 3.8) is 0 Å². The second kappa shape index (κ2) is 14.7. The zero-order chi connectivity index (χ0) is 13.2. The van der Waals surface area contributed by atoms with E-state index in [0.717, 1.165) is 0 Å². The van der Waals surface area contributed by atoms with Crippen molar-refractivity contribution in [1.82, 2.24) is 0 Å². The summed E-state index contributed by atoms with van der Waals surface area (Å²) in [6, 6.07) is 0. The number of rotatable bonds is 5. The topological polar surface area (TPSA) is 0 Å². The van der Waals surface area contributed by atoms with Crippen LogP contribution in [0.25, 0.3) is 0 Å². The van der Waals surface area contributed by atoms with Gasteiger partial charge >= 0.3 is 76.2 Å². The molecule has 0 heterocycles. The standard InChI is InChI=1S/2C5H5.3C2H5.Al.2ClH.Ti/c2*1-2-4-5-3-1;3*1-2;;;;/h2*1-3H,4H2;3*1H2,2H3;;2*1H;/q;;;;;;;;+2/p-2. The van der Waals surface area contributed by atoms with Crippen molar-refractivity contribution in [3.8, 4) is 0 Å². The Hall–Kier alpha value is 0.787. The van der Waals surface area contributed by atoms with Crippen LogP contribution < -0.4 is 24.8 Å². The van der Waals surface area contributed by atoms with Crippen LogP contribution in [0.1, 0.15) is 33.6 Å². The molecule has 0 aromatic heterocycles. The van der Waals surface area contributed by atoms with Crippen LogP contribution in [0.4, 0.5) is 0 Å². The number of halogens is 2.